The molecule has 0 aromatic carbocycles. The van der Waals surface area contributed by atoms with Crippen LogP contribution in [0.1, 0.15) is 53.4 Å². The number of aliphatic hydroxyl groups is 1. The van der Waals surface area contributed by atoms with E-state index in [1.165, 1.54) is 19.3 Å². The predicted octanol–water partition coefficient (Wildman–Crippen LogP) is 2.32. The number of unbranched alkanes of at least 4 members (excludes halogenated alkanes) is 1. The molecule has 0 rings (SSSR count). The third-order valence-corrected chi connectivity index (χ3v) is 2.58. The summed E-state index contributed by atoms with van der Waals surface area (Å²) in [6, 6.07) is 0.526. The Balaban J connectivity index is 3.51. The second-order valence-corrected chi connectivity index (χ2v) is 4.27. The van der Waals surface area contributed by atoms with Crippen molar-refractivity contribution in [2.24, 2.45) is 0 Å². The molecule has 2 nitrogen and oxygen atoms in total. The van der Waals surface area contributed by atoms with Crippen LogP contribution in [0.4, 0.5) is 0 Å². The van der Waals surface area contributed by atoms with Gasteiger partial charge in [-0.3, -0.25) is 0 Å². The van der Waals surface area contributed by atoms with E-state index in [2.05, 4.69) is 19.2 Å². The van der Waals surface area contributed by atoms with Crippen LogP contribution >= 0.6 is 0 Å². The van der Waals surface area contributed by atoms with E-state index in [1.54, 1.807) is 0 Å². The van der Waals surface area contributed by atoms with Crippen LogP contribution in [0, 0.1) is 0 Å². The van der Waals surface area contributed by atoms with E-state index < -0.39 is 5.60 Å². The molecular weight excluding hydrogens is 162 g/mol. The molecule has 0 fully saturated rings. The van der Waals surface area contributed by atoms with Gasteiger partial charge < -0.3 is 10.4 Å². The molecule has 2 heteroatoms. The molecule has 0 aromatic heterocycles. The van der Waals surface area contributed by atoms with Gasteiger partial charge in [0.05, 0.1) is 5.60 Å². The zero-order valence-electron chi connectivity index (χ0n) is 9.56. The fourth-order valence-corrected chi connectivity index (χ4v) is 1.13. The number of hydrogen-bond donors (Lipinski definition) is 2. The van der Waals surface area contributed by atoms with Gasteiger partial charge in [-0.25, -0.2) is 0 Å². The van der Waals surface area contributed by atoms with Crippen LogP contribution in [0.15, 0.2) is 0 Å². The molecule has 13 heavy (non-hydrogen) atoms. The Morgan fingerprint density at radius 2 is 2.00 bits per heavy atom. The van der Waals surface area contributed by atoms with Crippen molar-refractivity contribution < 1.29 is 5.11 Å². The quantitative estimate of drug-likeness (QED) is 0.641. The van der Waals surface area contributed by atoms with Crippen molar-refractivity contribution in [2.75, 3.05) is 6.54 Å². The number of hydrogen-bond acceptors (Lipinski definition) is 2. The van der Waals surface area contributed by atoms with Gasteiger partial charge in [0, 0.05) is 12.6 Å². The molecule has 2 N–H and O–H groups in total. The fraction of sp³-hybridized carbons (Fsp3) is 1.00. The van der Waals surface area contributed by atoms with Crippen LogP contribution in [0.25, 0.3) is 0 Å². The molecule has 0 aliphatic rings. The fourth-order valence-electron chi connectivity index (χ4n) is 1.13. The average Bonchev–Trinajstić information content (AvgIpc) is 2.11. The minimum absolute atomic E-state index is 0.526. The van der Waals surface area contributed by atoms with Gasteiger partial charge in [-0.05, 0) is 26.7 Å². The second-order valence-electron chi connectivity index (χ2n) is 4.27. The van der Waals surface area contributed by atoms with Crippen LogP contribution in [0.3, 0.4) is 0 Å². The Morgan fingerprint density at radius 3 is 2.46 bits per heavy atom. The van der Waals surface area contributed by atoms with E-state index in [0.29, 0.717) is 12.6 Å². The zero-order chi connectivity index (χ0) is 10.3. The summed E-state index contributed by atoms with van der Waals surface area (Å²) in [6.07, 6.45) is 4.52. The lowest BCUT2D eigenvalue weighted by molar-refractivity contribution is 0.0530. The highest BCUT2D eigenvalue weighted by atomic mass is 16.3. The van der Waals surface area contributed by atoms with Gasteiger partial charge in [-0.1, -0.05) is 26.7 Å². The van der Waals surface area contributed by atoms with Gasteiger partial charge in [0.2, 0.25) is 0 Å². The highest BCUT2D eigenvalue weighted by Crippen LogP contribution is 2.07. The maximum atomic E-state index is 9.74. The van der Waals surface area contributed by atoms with Gasteiger partial charge in [-0.2, -0.15) is 0 Å². The highest BCUT2D eigenvalue weighted by Gasteiger charge is 2.17. The minimum atomic E-state index is -0.541. The molecule has 0 aliphatic heterocycles. The summed E-state index contributed by atoms with van der Waals surface area (Å²) >= 11 is 0. The Labute approximate surface area is 82.7 Å². The lowest BCUT2D eigenvalue weighted by atomic mass is 10.0. The van der Waals surface area contributed by atoms with Crippen LogP contribution in [-0.4, -0.2) is 23.3 Å². The molecule has 0 aromatic rings. The number of nitrogens with one attached hydrogen (secondary N) is 1. The summed E-state index contributed by atoms with van der Waals surface area (Å²) in [4.78, 5) is 0. The Kier molecular flexibility index (Phi) is 6.35. The van der Waals surface area contributed by atoms with E-state index in [1.807, 2.05) is 13.8 Å². The predicted molar refractivity (Wildman–Crippen MR) is 57.9 cm³/mol. The average molecular weight is 187 g/mol. The first-order chi connectivity index (χ1) is 6.02. The first-order valence-electron chi connectivity index (χ1n) is 5.47. The molecule has 0 amide bonds. The van der Waals surface area contributed by atoms with Gasteiger partial charge in [0.1, 0.15) is 0 Å². The monoisotopic (exact) mass is 187 g/mol. The molecular formula is C11H25NO. The Hall–Kier alpha value is -0.0800. The maximum absolute atomic E-state index is 9.74. The van der Waals surface area contributed by atoms with Crippen molar-refractivity contribution >= 4 is 0 Å². The van der Waals surface area contributed by atoms with Gasteiger partial charge >= 0.3 is 0 Å². The van der Waals surface area contributed by atoms with Crippen LogP contribution in [0.2, 0.25) is 0 Å². The van der Waals surface area contributed by atoms with Crippen molar-refractivity contribution in [2.45, 2.75) is 65.0 Å². The molecule has 2 atom stereocenters. The molecule has 0 bridgehead atoms. The zero-order valence-corrected chi connectivity index (χ0v) is 9.56. The molecule has 0 spiro atoms. The third kappa shape index (κ3) is 7.03. The minimum Gasteiger partial charge on any atom is -0.389 e. The van der Waals surface area contributed by atoms with Crippen LogP contribution in [-0.2, 0) is 0 Å². The van der Waals surface area contributed by atoms with Crippen molar-refractivity contribution in [1.29, 1.82) is 0 Å². The Bertz CT molecular complexity index is 123. The smallest absolute Gasteiger partial charge is 0.0741 e. The van der Waals surface area contributed by atoms with E-state index in [0.717, 1.165) is 6.42 Å². The van der Waals surface area contributed by atoms with Gasteiger partial charge in [-0.15, -0.1) is 0 Å². The van der Waals surface area contributed by atoms with Crippen molar-refractivity contribution in [3.63, 3.8) is 0 Å². The molecule has 80 valence electrons. The first kappa shape index (κ1) is 12.9. The summed E-state index contributed by atoms with van der Waals surface area (Å²) in [5, 5.41) is 13.1. The van der Waals surface area contributed by atoms with Gasteiger partial charge in [0.25, 0.3) is 0 Å². The van der Waals surface area contributed by atoms with Crippen molar-refractivity contribution in [3.8, 4) is 0 Å². The van der Waals surface area contributed by atoms with Gasteiger partial charge in [0.15, 0.2) is 0 Å². The lowest BCUT2D eigenvalue weighted by Gasteiger charge is -2.24. The number of rotatable bonds is 7. The normalized spacial score (nSPS) is 18.2. The van der Waals surface area contributed by atoms with E-state index in [4.69, 9.17) is 0 Å². The molecule has 0 saturated carbocycles. The lowest BCUT2D eigenvalue weighted by Crippen LogP contribution is -2.41. The molecule has 0 aliphatic carbocycles. The first-order valence-corrected chi connectivity index (χ1v) is 5.47. The summed E-state index contributed by atoms with van der Waals surface area (Å²) in [6.45, 7) is 8.98. The van der Waals surface area contributed by atoms with Crippen LogP contribution < -0.4 is 5.32 Å². The molecule has 0 heterocycles. The topological polar surface area (TPSA) is 32.3 Å². The van der Waals surface area contributed by atoms with E-state index in [9.17, 15) is 5.11 Å². The molecule has 0 radical (unpaired) electrons. The highest BCUT2D eigenvalue weighted by molar-refractivity contribution is 4.75. The van der Waals surface area contributed by atoms with Crippen LogP contribution in [0.5, 0.6) is 0 Å². The van der Waals surface area contributed by atoms with E-state index in [-0.39, 0.29) is 0 Å². The summed E-state index contributed by atoms with van der Waals surface area (Å²) in [5.41, 5.74) is -0.541. The maximum Gasteiger partial charge on any atom is 0.0741 e. The molecule has 0 saturated heterocycles. The largest absolute Gasteiger partial charge is 0.389 e. The van der Waals surface area contributed by atoms with Crippen molar-refractivity contribution in [1.82, 2.24) is 5.32 Å². The van der Waals surface area contributed by atoms with E-state index >= 15 is 0 Å². The molecule has 2 unspecified atom stereocenters. The SMILES string of the molecule is CCCCC(C)NCC(C)(O)CC. The summed E-state index contributed by atoms with van der Waals surface area (Å²) in [7, 11) is 0. The third-order valence-electron chi connectivity index (χ3n) is 2.58. The Morgan fingerprint density at radius 1 is 1.38 bits per heavy atom. The summed E-state index contributed by atoms with van der Waals surface area (Å²) < 4.78 is 0. The summed E-state index contributed by atoms with van der Waals surface area (Å²) in [5.74, 6) is 0. The second kappa shape index (κ2) is 6.39. The standard InChI is InChI=1S/C11H25NO/c1-5-7-8-10(3)12-9-11(4,13)6-2/h10,12-13H,5-9H2,1-4H3. The van der Waals surface area contributed by atoms with Crippen molar-refractivity contribution in [3.05, 3.63) is 0 Å².